The van der Waals surface area contributed by atoms with Gasteiger partial charge in [0.05, 0.1) is 6.26 Å². The molecule has 2 aliphatic rings. The zero-order chi connectivity index (χ0) is 17.6. The third-order valence-electron chi connectivity index (χ3n) is 4.99. The molecule has 25 heavy (non-hydrogen) atoms. The van der Waals surface area contributed by atoms with Crippen LogP contribution in [0.5, 0.6) is 0 Å². The summed E-state index contributed by atoms with van der Waals surface area (Å²) < 4.78 is 31.9. The van der Waals surface area contributed by atoms with E-state index in [2.05, 4.69) is 16.1 Å². The van der Waals surface area contributed by atoms with E-state index in [4.69, 9.17) is 4.42 Å². The summed E-state index contributed by atoms with van der Waals surface area (Å²) in [5, 5.41) is 13.1. The average Bonchev–Trinajstić information content (AvgIpc) is 3.25. The Morgan fingerprint density at radius 2 is 1.72 bits per heavy atom. The number of nitrogens with one attached hydrogen (secondary N) is 2. The molecule has 6 nitrogen and oxygen atoms in total. The number of anilines is 1. The summed E-state index contributed by atoms with van der Waals surface area (Å²) in [4.78, 5) is 0. The second kappa shape index (κ2) is 6.16. The van der Waals surface area contributed by atoms with Gasteiger partial charge in [0, 0.05) is 11.8 Å². The smallest absolute Gasteiger partial charge is 0.277 e. The van der Waals surface area contributed by atoms with E-state index >= 15 is 0 Å². The van der Waals surface area contributed by atoms with Gasteiger partial charge in [-0.05, 0) is 73.3 Å². The molecule has 0 radical (unpaired) electrons. The summed E-state index contributed by atoms with van der Waals surface area (Å²) >= 11 is 0. The van der Waals surface area contributed by atoms with Crippen molar-refractivity contribution >= 4 is 15.7 Å². The zero-order valence-electron chi connectivity index (χ0n) is 14.1. The minimum Gasteiger partial charge on any atom is -0.451 e. The molecule has 0 bridgehead atoms. The highest BCUT2D eigenvalue weighted by molar-refractivity contribution is 7.89. The van der Waals surface area contributed by atoms with Gasteiger partial charge < -0.3 is 14.8 Å². The summed E-state index contributed by atoms with van der Waals surface area (Å²) in [7, 11) is -3.92. The Kier molecular flexibility index (Phi) is 4.10. The van der Waals surface area contributed by atoms with Crippen molar-refractivity contribution in [2.45, 2.75) is 56.9 Å². The molecule has 2 aliphatic carbocycles. The number of aliphatic hydroxyl groups is 1. The maximum Gasteiger partial charge on any atom is 0.277 e. The topological polar surface area (TPSA) is 91.6 Å². The van der Waals surface area contributed by atoms with Crippen LogP contribution in [0.4, 0.5) is 5.69 Å². The summed E-state index contributed by atoms with van der Waals surface area (Å²) in [5.74, 6) is 0. The van der Waals surface area contributed by atoms with Gasteiger partial charge in [-0.2, -0.15) is 4.72 Å². The van der Waals surface area contributed by atoms with Gasteiger partial charge in [0.1, 0.15) is 0 Å². The molecular weight excluding hydrogens is 340 g/mol. The largest absolute Gasteiger partial charge is 0.451 e. The van der Waals surface area contributed by atoms with Crippen molar-refractivity contribution in [2.24, 2.45) is 0 Å². The van der Waals surface area contributed by atoms with Crippen LogP contribution in [0.1, 0.15) is 40.7 Å². The fraction of sp³-hybridized carbons (Fsp3) is 0.444. The highest BCUT2D eigenvalue weighted by atomic mass is 32.2. The summed E-state index contributed by atoms with van der Waals surface area (Å²) in [6.07, 6.45) is 6.16. The van der Waals surface area contributed by atoms with Crippen molar-refractivity contribution in [3.63, 3.8) is 0 Å². The molecule has 1 heterocycles. The molecule has 0 spiro atoms. The molecule has 0 amide bonds. The van der Waals surface area contributed by atoms with E-state index < -0.39 is 16.4 Å². The van der Waals surface area contributed by atoms with Crippen molar-refractivity contribution < 1.29 is 17.9 Å². The number of benzene rings is 1. The van der Waals surface area contributed by atoms with Crippen LogP contribution >= 0.6 is 0 Å². The van der Waals surface area contributed by atoms with Crippen molar-refractivity contribution in [2.75, 3.05) is 5.32 Å². The van der Waals surface area contributed by atoms with Crippen molar-refractivity contribution in [3.8, 4) is 0 Å². The number of aliphatic hydroxyl groups excluding tert-OH is 1. The van der Waals surface area contributed by atoms with E-state index in [0.717, 1.165) is 44.2 Å². The van der Waals surface area contributed by atoms with Crippen LogP contribution in [0.3, 0.4) is 0 Å². The maximum atomic E-state index is 12.3. The quantitative estimate of drug-likeness (QED) is 0.710. The van der Waals surface area contributed by atoms with Gasteiger partial charge in [0.25, 0.3) is 10.0 Å². The maximum absolute atomic E-state index is 12.3. The lowest BCUT2D eigenvalue weighted by molar-refractivity contribution is 0.191. The molecule has 2 aromatic rings. The molecule has 0 fully saturated rings. The SMILES string of the molecule is Cc1coc(S(=O)(=O)NC(O)Nc2c3c(cc4c2CCC4)CCC3)c1. The van der Waals surface area contributed by atoms with Crippen LogP contribution in [0.15, 0.2) is 27.9 Å². The lowest BCUT2D eigenvalue weighted by Crippen LogP contribution is -2.40. The highest BCUT2D eigenvalue weighted by Crippen LogP contribution is 2.38. The molecule has 4 rings (SSSR count). The van der Waals surface area contributed by atoms with Crippen molar-refractivity contribution in [1.82, 2.24) is 4.72 Å². The second-order valence-corrected chi connectivity index (χ2v) is 8.49. The number of aryl methyl sites for hydroxylation is 3. The number of fused-ring (bicyclic) bond motifs is 2. The highest BCUT2D eigenvalue weighted by Gasteiger charge is 2.27. The van der Waals surface area contributed by atoms with E-state index in [-0.39, 0.29) is 5.09 Å². The first-order valence-corrected chi connectivity index (χ1v) is 10.1. The number of sulfonamides is 1. The Morgan fingerprint density at radius 1 is 1.08 bits per heavy atom. The lowest BCUT2D eigenvalue weighted by Gasteiger charge is -2.21. The monoisotopic (exact) mass is 362 g/mol. The fourth-order valence-electron chi connectivity index (χ4n) is 3.91. The lowest BCUT2D eigenvalue weighted by atomic mass is 9.99. The van der Waals surface area contributed by atoms with Gasteiger partial charge >= 0.3 is 0 Å². The molecule has 1 atom stereocenters. The Hall–Kier alpha value is -1.83. The first kappa shape index (κ1) is 16.6. The summed E-state index contributed by atoms with van der Waals surface area (Å²) in [6, 6.07) is 3.71. The fourth-order valence-corrected chi connectivity index (χ4v) is 4.89. The standard InChI is InChI=1S/C18H22N2O4S/c1-11-8-16(24-10-11)25(22,23)20-18(21)19-17-14-6-2-4-12(14)9-13-5-3-7-15(13)17/h8-10,18-21H,2-7H2,1H3. The predicted octanol–water partition coefficient (Wildman–Crippen LogP) is 2.23. The Bertz CT molecular complexity index is 885. The van der Waals surface area contributed by atoms with Gasteiger partial charge in [-0.1, -0.05) is 6.07 Å². The van der Waals surface area contributed by atoms with E-state index in [9.17, 15) is 13.5 Å². The molecule has 7 heteroatoms. The number of hydrogen-bond donors (Lipinski definition) is 3. The third-order valence-corrected chi connectivity index (χ3v) is 6.27. The van der Waals surface area contributed by atoms with Gasteiger partial charge in [-0.15, -0.1) is 0 Å². The summed E-state index contributed by atoms with van der Waals surface area (Å²) in [5.41, 5.74) is 6.69. The Balaban J connectivity index is 1.59. The molecule has 134 valence electrons. The van der Waals surface area contributed by atoms with Crippen LogP contribution in [-0.4, -0.2) is 19.9 Å². The molecule has 0 aliphatic heterocycles. The molecule has 3 N–H and O–H groups in total. The van der Waals surface area contributed by atoms with Crippen LogP contribution in [-0.2, 0) is 35.7 Å². The van der Waals surface area contributed by atoms with E-state index in [1.807, 2.05) is 0 Å². The molecule has 0 saturated heterocycles. The minimum atomic E-state index is -3.92. The molecule has 0 saturated carbocycles. The van der Waals surface area contributed by atoms with Crippen LogP contribution in [0, 0.1) is 6.92 Å². The first-order valence-electron chi connectivity index (χ1n) is 8.62. The van der Waals surface area contributed by atoms with Crippen LogP contribution in [0.2, 0.25) is 0 Å². The van der Waals surface area contributed by atoms with Crippen LogP contribution < -0.4 is 10.0 Å². The molecule has 1 aromatic heterocycles. The van der Waals surface area contributed by atoms with Gasteiger partial charge in [-0.25, -0.2) is 8.42 Å². The van der Waals surface area contributed by atoms with Gasteiger partial charge in [0.2, 0.25) is 5.09 Å². The number of furan rings is 1. The number of hydrogen-bond acceptors (Lipinski definition) is 5. The van der Waals surface area contributed by atoms with Crippen molar-refractivity contribution in [1.29, 1.82) is 0 Å². The minimum absolute atomic E-state index is 0.200. The Labute approximate surface area is 147 Å². The molecule has 1 aromatic carbocycles. The van der Waals surface area contributed by atoms with E-state index in [1.54, 1.807) is 6.92 Å². The molecule has 1 unspecified atom stereocenters. The average molecular weight is 362 g/mol. The zero-order valence-corrected chi connectivity index (χ0v) is 14.9. The second-order valence-electron chi connectivity index (χ2n) is 6.85. The van der Waals surface area contributed by atoms with Gasteiger partial charge in [0.15, 0.2) is 6.35 Å². The predicted molar refractivity (Wildman–Crippen MR) is 93.9 cm³/mol. The summed E-state index contributed by atoms with van der Waals surface area (Å²) in [6.45, 7) is 1.74. The first-order chi connectivity index (χ1) is 11.9. The molecular formula is C18H22N2O4S. The van der Waals surface area contributed by atoms with E-state index in [1.165, 1.54) is 34.6 Å². The Morgan fingerprint density at radius 3 is 2.28 bits per heavy atom. The van der Waals surface area contributed by atoms with Crippen molar-refractivity contribution in [3.05, 3.63) is 46.2 Å². The third kappa shape index (κ3) is 3.07. The van der Waals surface area contributed by atoms with Gasteiger partial charge in [-0.3, -0.25) is 0 Å². The van der Waals surface area contributed by atoms with E-state index in [0.29, 0.717) is 5.56 Å². The van der Waals surface area contributed by atoms with Crippen LogP contribution in [0.25, 0.3) is 0 Å². The normalized spacial score (nSPS) is 17.4. The number of rotatable bonds is 5.